The van der Waals surface area contributed by atoms with Crippen LogP contribution >= 0.6 is 0 Å². The molecule has 0 radical (unpaired) electrons. The molecule has 2 fully saturated rings. The zero-order valence-corrected chi connectivity index (χ0v) is 14.2. The highest BCUT2D eigenvalue weighted by Gasteiger charge is 2.47. The van der Waals surface area contributed by atoms with Crippen molar-refractivity contribution in [2.75, 3.05) is 18.4 Å². The van der Waals surface area contributed by atoms with Crippen LogP contribution in [0.2, 0.25) is 0 Å². The number of aryl methyl sites for hydroxylation is 1. The Labute approximate surface area is 141 Å². The lowest BCUT2D eigenvalue weighted by Crippen LogP contribution is -2.49. The van der Waals surface area contributed by atoms with Crippen LogP contribution in [0, 0.1) is 18.2 Å². The smallest absolute Gasteiger partial charge is 0.319 e. The van der Waals surface area contributed by atoms with E-state index in [2.05, 4.69) is 10.6 Å². The third kappa shape index (κ3) is 3.68. The lowest BCUT2D eigenvalue weighted by atomic mass is 10.0. The van der Waals surface area contributed by atoms with Crippen molar-refractivity contribution >= 4 is 17.6 Å². The summed E-state index contributed by atoms with van der Waals surface area (Å²) in [4.78, 5) is 26.3. The Hall–Kier alpha value is -2.11. The van der Waals surface area contributed by atoms with Crippen molar-refractivity contribution in [1.82, 2.24) is 10.2 Å². The highest BCUT2D eigenvalue weighted by Crippen LogP contribution is 2.46. The van der Waals surface area contributed by atoms with Gasteiger partial charge < -0.3 is 15.5 Å². The fourth-order valence-electron chi connectivity index (χ4n) is 3.03. The molecule has 2 N–H and O–H groups in total. The van der Waals surface area contributed by atoms with Gasteiger partial charge in [-0.05, 0) is 50.3 Å². The molecule has 3 rings (SSSR count). The summed E-state index contributed by atoms with van der Waals surface area (Å²) in [6.07, 6.45) is 3.47. The van der Waals surface area contributed by atoms with E-state index in [1.165, 1.54) is 6.07 Å². The summed E-state index contributed by atoms with van der Waals surface area (Å²) in [6.45, 7) is 5.06. The first-order valence-electron chi connectivity index (χ1n) is 8.50. The van der Waals surface area contributed by atoms with Crippen molar-refractivity contribution in [3.63, 3.8) is 0 Å². The number of likely N-dealkylation sites (tertiary alicyclic amines) is 1. The zero-order valence-electron chi connectivity index (χ0n) is 14.2. The van der Waals surface area contributed by atoms with E-state index in [9.17, 15) is 14.0 Å². The van der Waals surface area contributed by atoms with Crippen molar-refractivity contribution in [2.45, 2.75) is 45.6 Å². The molecule has 0 atom stereocenters. The van der Waals surface area contributed by atoms with Gasteiger partial charge in [-0.3, -0.25) is 4.79 Å². The molecular formula is C18H24FN3O2. The second kappa shape index (κ2) is 6.42. The number of piperidine rings is 1. The molecule has 6 heteroatoms. The molecule has 5 nitrogen and oxygen atoms in total. The molecule has 2 aliphatic rings. The number of urea groups is 1. The Morgan fingerprint density at radius 1 is 1.25 bits per heavy atom. The number of carbonyl (C=O) groups is 2. The van der Waals surface area contributed by atoms with Crippen LogP contribution in [0.1, 0.15) is 38.2 Å². The number of halogens is 1. The van der Waals surface area contributed by atoms with Gasteiger partial charge in [0.2, 0.25) is 5.91 Å². The number of rotatable bonds is 3. The summed E-state index contributed by atoms with van der Waals surface area (Å²) in [5, 5.41) is 5.56. The monoisotopic (exact) mass is 333 g/mol. The first-order valence-corrected chi connectivity index (χ1v) is 8.50. The number of nitrogens with zero attached hydrogens (tertiary/aromatic N) is 1. The molecule has 1 aliphatic heterocycles. The summed E-state index contributed by atoms with van der Waals surface area (Å²) >= 11 is 0. The van der Waals surface area contributed by atoms with E-state index in [4.69, 9.17) is 0 Å². The van der Waals surface area contributed by atoms with Crippen molar-refractivity contribution in [3.8, 4) is 0 Å². The Kier molecular flexibility index (Phi) is 4.47. The maximum atomic E-state index is 13.5. The normalized spacial score (nSPS) is 19.7. The second-order valence-electron chi connectivity index (χ2n) is 7.19. The summed E-state index contributed by atoms with van der Waals surface area (Å²) in [5.74, 6) is -0.0891. The summed E-state index contributed by atoms with van der Waals surface area (Å²) in [6, 6.07) is 4.32. The van der Waals surface area contributed by atoms with Crippen LogP contribution in [0.5, 0.6) is 0 Å². The molecule has 0 spiro atoms. The second-order valence-corrected chi connectivity index (χ2v) is 7.19. The van der Waals surface area contributed by atoms with Gasteiger partial charge >= 0.3 is 6.03 Å². The first-order chi connectivity index (χ1) is 11.4. The number of benzene rings is 1. The van der Waals surface area contributed by atoms with E-state index in [0.29, 0.717) is 24.3 Å². The van der Waals surface area contributed by atoms with Crippen LogP contribution in [-0.4, -0.2) is 36.0 Å². The first kappa shape index (κ1) is 16.7. The van der Waals surface area contributed by atoms with Crippen LogP contribution < -0.4 is 10.6 Å². The summed E-state index contributed by atoms with van der Waals surface area (Å²) in [5.41, 5.74) is 0.847. The Morgan fingerprint density at radius 3 is 2.50 bits per heavy atom. The topological polar surface area (TPSA) is 61.4 Å². The van der Waals surface area contributed by atoms with Crippen LogP contribution in [0.3, 0.4) is 0 Å². The Morgan fingerprint density at radius 2 is 1.92 bits per heavy atom. The fraction of sp³-hybridized carbons (Fsp3) is 0.556. The van der Waals surface area contributed by atoms with E-state index in [-0.39, 0.29) is 29.2 Å². The van der Waals surface area contributed by atoms with E-state index < -0.39 is 0 Å². The molecule has 0 unspecified atom stereocenters. The van der Waals surface area contributed by atoms with E-state index in [1.54, 1.807) is 19.1 Å². The minimum absolute atomic E-state index is 0.0383. The van der Waals surface area contributed by atoms with Gasteiger partial charge in [-0.2, -0.15) is 0 Å². The van der Waals surface area contributed by atoms with Crippen molar-refractivity contribution in [2.24, 2.45) is 5.41 Å². The summed E-state index contributed by atoms with van der Waals surface area (Å²) in [7, 11) is 0. The number of hydrogen-bond donors (Lipinski definition) is 2. The predicted molar refractivity (Wildman–Crippen MR) is 90.2 cm³/mol. The Balaban J connectivity index is 1.46. The number of nitrogens with one attached hydrogen (secondary N) is 2. The van der Waals surface area contributed by atoms with Gasteiger partial charge in [-0.1, -0.05) is 13.0 Å². The largest absolute Gasteiger partial charge is 0.342 e. The quantitative estimate of drug-likeness (QED) is 0.893. The average Bonchev–Trinajstić information content (AvgIpc) is 3.30. The van der Waals surface area contributed by atoms with Gasteiger partial charge in [0.1, 0.15) is 5.82 Å². The molecule has 1 saturated heterocycles. The molecule has 0 bridgehead atoms. The minimum atomic E-state index is -0.340. The SMILES string of the molecule is Cc1ccc(NC(=O)NC2CCN(C(=O)C3(C)CC3)CC2)cc1F. The standard InChI is InChI=1S/C18H24FN3O2/c1-12-3-4-14(11-15(12)19)21-17(24)20-13-5-9-22(10-6-13)16(23)18(2)7-8-18/h3-4,11,13H,5-10H2,1-2H3,(H2,20,21,24). The molecule has 1 aromatic carbocycles. The van der Waals surface area contributed by atoms with Crippen LogP contribution in [0.4, 0.5) is 14.9 Å². The van der Waals surface area contributed by atoms with E-state index >= 15 is 0 Å². The zero-order chi connectivity index (χ0) is 17.3. The predicted octanol–water partition coefficient (Wildman–Crippen LogP) is 3.05. The van der Waals surface area contributed by atoms with Crippen molar-refractivity contribution in [3.05, 3.63) is 29.6 Å². The maximum Gasteiger partial charge on any atom is 0.319 e. The molecular weight excluding hydrogens is 309 g/mol. The van der Waals surface area contributed by atoms with Gasteiger partial charge in [0.15, 0.2) is 0 Å². The summed E-state index contributed by atoms with van der Waals surface area (Å²) < 4.78 is 13.5. The van der Waals surface area contributed by atoms with Crippen LogP contribution in [-0.2, 0) is 4.79 Å². The lowest BCUT2D eigenvalue weighted by Gasteiger charge is -2.34. The number of amides is 3. The van der Waals surface area contributed by atoms with Crippen LogP contribution in [0.25, 0.3) is 0 Å². The molecule has 1 aliphatic carbocycles. The molecule has 130 valence electrons. The maximum absolute atomic E-state index is 13.5. The minimum Gasteiger partial charge on any atom is -0.342 e. The van der Waals surface area contributed by atoms with E-state index in [0.717, 1.165) is 25.7 Å². The molecule has 1 heterocycles. The molecule has 0 aromatic heterocycles. The molecule has 24 heavy (non-hydrogen) atoms. The number of carbonyl (C=O) groups excluding carboxylic acids is 2. The third-order valence-corrected chi connectivity index (χ3v) is 5.06. The Bertz CT molecular complexity index is 650. The van der Waals surface area contributed by atoms with Gasteiger partial charge in [0.25, 0.3) is 0 Å². The molecule has 1 aromatic rings. The average molecular weight is 333 g/mol. The highest BCUT2D eigenvalue weighted by molar-refractivity contribution is 5.89. The lowest BCUT2D eigenvalue weighted by molar-refractivity contribution is -0.137. The number of anilines is 1. The molecule has 3 amide bonds. The van der Waals surface area contributed by atoms with Gasteiger partial charge in [-0.25, -0.2) is 9.18 Å². The molecule has 1 saturated carbocycles. The van der Waals surface area contributed by atoms with Crippen molar-refractivity contribution < 1.29 is 14.0 Å². The van der Waals surface area contributed by atoms with Crippen molar-refractivity contribution in [1.29, 1.82) is 0 Å². The van der Waals surface area contributed by atoms with Gasteiger partial charge in [0, 0.05) is 30.2 Å². The van der Waals surface area contributed by atoms with Gasteiger partial charge in [0.05, 0.1) is 0 Å². The van der Waals surface area contributed by atoms with Gasteiger partial charge in [-0.15, -0.1) is 0 Å². The third-order valence-electron chi connectivity index (χ3n) is 5.06. The van der Waals surface area contributed by atoms with Crippen LogP contribution in [0.15, 0.2) is 18.2 Å². The highest BCUT2D eigenvalue weighted by atomic mass is 19.1. The van der Waals surface area contributed by atoms with E-state index in [1.807, 2.05) is 11.8 Å². The number of hydrogen-bond acceptors (Lipinski definition) is 2. The fourth-order valence-corrected chi connectivity index (χ4v) is 3.03.